The van der Waals surface area contributed by atoms with Gasteiger partial charge in [0, 0.05) is 24.8 Å². The van der Waals surface area contributed by atoms with E-state index in [-0.39, 0.29) is 0 Å². The molecule has 5 nitrogen and oxygen atoms in total. The lowest BCUT2D eigenvalue weighted by atomic mass is 10.1. The van der Waals surface area contributed by atoms with E-state index in [1.165, 1.54) is 13.0 Å². The molecule has 0 saturated carbocycles. The average Bonchev–Trinajstić information content (AvgIpc) is 2.79. The summed E-state index contributed by atoms with van der Waals surface area (Å²) in [5, 5.41) is 3.34. The fourth-order valence-electron chi connectivity index (χ4n) is 2.33. The summed E-state index contributed by atoms with van der Waals surface area (Å²) in [6, 6.07) is 1.88. The third kappa shape index (κ3) is 4.35. The van der Waals surface area contributed by atoms with Crippen LogP contribution in [0.25, 0.3) is 0 Å². The summed E-state index contributed by atoms with van der Waals surface area (Å²) in [7, 11) is 2.17. The van der Waals surface area contributed by atoms with Crippen LogP contribution in [-0.4, -0.2) is 48.2 Å². The molecule has 0 aromatic carbocycles. The van der Waals surface area contributed by atoms with Crippen molar-refractivity contribution >= 4 is 5.95 Å². The largest absolute Gasteiger partial charge is 0.478 e. The van der Waals surface area contributed by atoms with Crippen LogP contribution in [0.15, 0.2) is 6.07 Å². The minimum atomic E-state index is 0.667. The van der Waals surface area contributed by atoms with Gasteiger partial charge < -0.3 is 15.0 Å². The average molecular weight is 264 g/mol. The molecule has 0 radical (unpaired) electrons. The quantitative estimate of drug-likeness (QED) is 0.851. The number of rotatable bonds is 6. The SMILES string of the molecule is CCCOc1cc(C)nc(NCC2CCN(C)C2)n1. The molecule has 5 heteroatoms. The van der Waals surface area contributed by atoms with E-state index < -0.39 is 0 Å². The monoisotopic (exact) mass is 264 g/mol. The Labute approximate surface area is 115 Å². The Kier molecular flexibility index (Phi) is 4.96. The topological polar surface area (TPSA) is 50.3 Å². The fraction of sp³-hybridized carbons (Fsp3) is 0.714. The normalized spacial score (nSPS) is 19.6. The molecule has 1 N–H and O–H groups in total. The molecule has 1 aromatic heterocycles. The predicted octanol–water partition coefficient (Wildman–Crippen LogP) is 1.94. The Bertz CT molecular complexity index is 410. The molecule has 2 rings (SSSR count). The van der Waals surface area contributed by atoms with Gasteiger partial charge in [-0.1, -0.05) is 6.92 Å². The van der Waals surface area contributed by atoms with Crippen LogP contribution in [0.4, 0.5) is 5.95 Å². The van der Waals surface area contributed by atoms with Gasteiger partial charge in [0.25, 0.3) is 0 Å². The van der Waals surface area contributed by atoms with E-state index >= 15 is 0 Å². The number of aromatic nitrogens is 2. The molecule has 1 aliphatic rings. The second kappa shape index (κ2) is 6.70. The highest BCUT2D eigenvalue weighted by Gasteiger charge is 2.19. The first-order valence-corrected chi connectivity index (χ1v) is 7.08. The molecule has 19 heavy (non-hydrogen) atoms. The van der Waals surface area contributed by atoms with Crippen LogP contribution in [0.3, 0.4) is 0 Å². The van der Waals surface area contributed by atoms with Crippen LogP contribution in [0.5, 0.6) is 5.88 Å². The molecule has 1 fully saturated rings. The molecule has 1 aromatic rings. The Morgan fingerprint density at radius 2 is 2.32 bits per heavy atom. The molecule has 0 amide bonds. The second-order valence-corrected chi connectivity index (χ2v) is 5.32. The van der Waals surface area contributed by atoms with Crippen molar-refractivity contribution in [1.29, 1.82) is 0 Å². The number of likely N-dealkylation sites (tertiary alicyclic amines) is 1. The highest BCUT2D eigenvalue weighted by Crippen LogP contribution is 2.16. The summed E-state index contributed by atoms with van der Waals surface area (Å²) in [6.07, 6.45) is 2.23. The molecule has 2 heterocycles. The fourth-order valence-corrected chi connectivity index (χ4v) is 2.33. The number of nitrogens with zero attached hydrogens (tertiary/aromatic N) is 3. The number of hydrogen-bond acceptors (Lipinski definition) is 5. The summed E-state index contributed by atoms with van der Waals surface area (Å²) in [6.45, 7) is 8.02. The van der Waals surface area contributed by atoms with E-state index in [1.54, 1.807) is 0 Å². The molecular weight excluding hydrogens is 240 g/mol. The minimum Gasteiger partial charge on any atom is -0.478 e. The lowest BCUT2D eigenvalue weighted by Gasteiger charge is -2.12. The Morgan fingerprint density at radius 3 is 3.00 bits per heavy atom. The zero-order valence-electron chi connectivity index (χ0n) is 12.1. The molecule has 0 spiro atoms. The van der Waals surface area contributed by atoms with Gasteiger partial charge in [0.2, 0.25) is 11.8 Å². The standard InChI is InChI=1S/C14H24N4O/c1-4-7-19-13-8-11(2)16-14(17-13)15-9-12-5-6-18(3)10-12/h8,12H,4-7,9-10H2,1-3H3,(H,15,16,17). The summed E-state index contributed by atoms with van der Waals surface area (Å²) in [5.74, 6) is 2.04. The van der Waals surface area contributed by atoms with Crippen molar-refractivity contribution in [2.45, 2.75) is 26.7 Å². The van der Waals surface area contributed by atoms with Crippen LogP contribution in [0.1, 0.15) is 25.5 Å². The Hall–Kier alpha value is -1.36. The first-order chi connectivity index (χ1) is 9.17. The first-order valence-electron chi connectivity index (χ1n) is 7.08. The van der Waals surface area contributed by atoms with Gasteiger partial charge in [-0.05, 0) is 39.3 Å². The molecular formula is C14H24N4O. The highest BCUT2D eigenvalue weighted by molar-refractivity contribution is 5.30. The van der Waals surface area contributed by atoms with Gasteiger partial charge in [0.05, 0.1) is 6.61 Å². The number of aryl methyl sites for hydroxylation is 1. The maximum Gasteiger partial charge on any atom is 0.226 e. The molecule has 1 aliphatic heterocycles. The third-order valence-electron chi connectivity index (χ3n) is 3.32. The van der Waals surface area contributed by atoms with E-state index in [1.807, 2.05) is 13.0 Å². The summed E-state index contributed by atoms with van der Waals surface area (Å²) >= 11 is 0. The first kappa shape index (κ1) is 14.1. The molecule has 1 unspecified atom stereocenters. The van der Waals surface area contributed by atoms with E-state index in [2.05, 4.69) is 34.2 Å². The second-order valence-electron chi connectivity index (χ2n) is 5.32. The van der Waals surface area contributed by atoms with Gasteiger partial charge in [0.15, 0.2) is 0 Å². The Balaban J connectivity index is 1.90. The molecule has 1 atom stereocenters. The van der Waals surface area contributed by atoms with E-state index in [4.69, 9.17) is 4.74 Å². The molecule has 0 aliphatic carbocycles. The van der Waals surface area contributed by atoms with Gasteiger partial charge in [0.1, 0.15) is 0 Å². The zero-order chi connectivity index (χ0) is 13.7. The van der Waals surface area contributed by atoms with E-state index in [9.17, 15) is 0 Å². The molecule has 106 valence electrons. The number of nitrogens with one attached hydrogen (secondary N) is 1. The molecule has 1 saturated heterocycles. The maximum atomic E-state index is 5.57. The van der Waals surface area contributed by atoms with Gasteiger partial charge in [-0.2, -0.15) is 4.98 Å². The smallest absolute Gasteiger partial charge is 0.226 e. The van der Waals surface area contributed by atoms with Gasteiger partial charge in [-0.3, -0.25) is 0 Å². The van der Waals surface area contributed by atoms with Gasteiger partial charge in [-0.25, -0.2) is 4.98 Å². The summed E-state index contributed by atoms with van der Waals surface area (Å²) in [5.41, 5.74) is 0.937. The lowest BCUT2D eigenvalue weighted by molar-refractivity contribution is 0.305. The number of ether oxygens (including phenoxy) is 1. The number of anilines is 1. The van der Waals surface area contributed by atoms with E-state index in [0.717, 1.165) is 25.2 Å². The van der Waals surface area contributed by atoms with Crippen molar-refractivity contribution in [1.82, 2.24) is 14.9 Å². The highest BCUT2D eigenvalue weighted by atomic mass is 16.5. The van der Waals surface area contributed by atoms with Crippen LogP contribution in [0, 0.1) is 12.8 Å². The zero-order valence-corrected chi connectivity index (χ0v) is 12.1. The van der Waals surface area contributed by atoms with Gasteiger partial charge >= 0.3 is 0 Å². The van der Waals surface area contributed by atoms with Crippen LogP contribution < -0.4 is 10.1 Å². The predicted molar refractivity (Wildman–Crippen MR) is 76.6 cm³/mol. The summed E-state index contributed by atoms with van der Waals surface area (Å²) in [4.78, 5) is 11.2. The van der Waals surface area contributed by atoms with Crippen molar-refractivity contribution in [2.24, 2.45) is 5.92 Å². The van der Waals surface area contributed by atoms with Crippen LogP contribution >= 0.6 is 0 Å². The van der Waals surface area contributed by atoms with Crippen LogP contribution in [-0.2, 0) is 0 Å². The van der Waals surface area contributed by atoms with Crippen molar-refractivity contribution < 1.29 is 4.74 Å². The van der Waals surface area contributed by atoms with E-state index in [0.29, 0.717) is 24.4 Å². The van der Waals surface area contributed by atoms with Crippen molar-refractivity contribution in [3.05, 3.63) is 11.8 Å². The number of hydrogen-bond donors (Lipinski definition) is 1. The van der Waals surface area contributed by atoms with Gasteiger partial charge in [-0.15, -0.1) is 0 Å². The lowest BCUT2D eigenvalue weighted by Crippen LogP contribution is -2.20. The minimum absolute atomic E-state index is 0.667. The Morgan fingerprint density at radius 1 is 1.47 bits per heavy atom. The summed E-state index contributed by atoms with van der Waals surface area (Å²) < 4.78 is 5.57. The van der Waals surface area contributed by atoms with Crippen molar-refractivity contribution in [3.8, 4) is 5.88 Å². The van der Waals surface area contributed by atoms with Crippen molar-refractivity contribution in [2.75, 3.05) is 38.6 Å². The maximum absolute atomic E-state index is 5.57. The molecule has 0 bridgehead atoms. The third-order valence-corrected chi connectivity index (χ3v) is 3.32. The van der Waals surface area contributed by atoms with Crippen LogP contribution in [0.2, 0.25) is 0 Å². The van der Waals surface area contributed by atoms with Crippen molar-refractivity contribution in [3.63, 3.8) is 0 Å².